The van der Waals surface area contributed by atoms with Crippen LogP contribution in [0.1, 0.15) is 19.5 Å². The Hall–Kier alpha value is -1.43. The van der Waals surface area contributed by atoms with E-state index < -0.39 is 0 Å². The summed E-state index contributed by atoms with van der Waals surface area (Å²) in [6, 6.07) is -0.313. The lowest BCUT2D eigenvalue weighted by molar-refractivity contribution is -0.144. The van der Waals surface area contributed by atoms with Crippen LogP contribution in [0.4, 0.5) is 0 Å². The van der Waals surface area contributed by atoms with Crippen molar-refractivity contribution >= 4 is 5.97 Å². The molecule has 0 fully saturated rings. The number of methoxy groups -OCH3 is 1. The van der Waals surface area contributed by atoms with E-state index in [9.17, 15) is 4.79 Å². The van der Waals surface area contributed by atoms with E-state index in [-0.39, 0.29) is 17.9 Å². The van der Waals surface area contributed by atoms with Gasteiger partial charge in [-0.05, 0) is 5.92 Å². The summed E-state index contributed by atoms with van der Waals surface area (Å²) in [7, 11) is 3.19. The van der Waals surface area contributed by atoms with Gasteiger partial charge >= 0.3 is 5.97 Å². The molecular weight excluding hydrogens is 208 g/mol. The topological polar surface area (TPSA) is 69.0 Å². The molecule has 1 atom stereocenters. The van der Waals surface area contributed by atoms with Gasteiger partial charge in [-0.25, -0.2) is 0 Å². The lowest BCUT2D eigenvalue weighted by atomic mass is 10.0. The van der Waals surface area contributed by atoms with Crippen LogP contribution in [-0.4, -0.2) is 34.1 Å². The lowest BCUT2D eigenvalue weighted by Gasteiger charge is -2.18. The number of nitrogens with zero attached hydrogens (tertiary/aromatic N) is 3. The first-order valence-electron chi connectivity index (χ1n) is 5.21. The van der Waals surface area contributed by atoms with Gasteiger partial charge < -0.3 is 4.74 Å². The third kappa shape index (κ3) is 3.30. The minimum absolute atomic E-state index is 0.170. The predicted octanol–water partition coefficient (Wildman–Crippen LogP) is 0.102. The highest BCUT2D eigenvalue weighted by molar-refractivity contribution is 5.75. The molecule has 6 heteroatoms. The Balaban J connectivity index is 2.53. The summed E-state index contributed by atoms with van der Waals surface area (Å²) in [5.74, 6) is -0.0805. The highest BCUT2D eigenvalue weighted by atomic mass is 16.5. The van der Waals surface area contributed by atoms with Gasteiger partial charge in [0, 0.05) is 19.8 Å². The molecule has 6 nitrogen and oxygen atoms in total. The Labute approximate surface area is 95.0 Å². The zero-order valence-corrected chi connectivity index (χ0v) is 10.1. The monoisotopic (exact) mass is 226 g/mol. The maximum absolute atomic E-state index is 11.5. The molecule has 0 saturated carbocycles. The smallest absolute Gasteiger partial charge is 0.323 e. The number of carbonyl (C=O) groups is 1. The Bertz CT molecular complexity index is 348. The van der Waals surface area contributed by atoms with E-state index in [1.165, 1.54) is 7.11 Å². The van der Waals surface area contributed by atoms with Gasteiger partial charge in [-0.3, -0.25) is 14.8 Å². The number of esters is 1. The molecular formula is C10H18N4O2. The van der Waals surface area contributed by atoms with E-state index in [0.29, 0.717) is 6.54 Å². The average Bonchev–Trinajstić information content (AvgIpc) is 2.63. The van der Waals surface area contributed by atoms with Crippen LogP contribution in [0.5, 0.6) is 0 Å². The Morgan fingerprint density at radius 1 is 1.62 bits per heavy atom. The Kier molecular flexibility index (Phi) is 4.42. The van der Waals surface area contributed by atoms with Crippen LogP contribution in [0, 0.1) is 5.92 Å². The zero-order chi connectivity index (χ0) is 12.1. The third-order valence-electron chi connectivity index (χ3n) is 2.27. The first kappa shape index (κ1) is 12.6. The van der Waals surface area contributed by atoms with Crippen molar-refractivity contribution in [2.24, 2.45) is 13.0 Å². The zero-order valence-electron chi connectivity index (χ0n) is 10.1. The van der Waals surface area contributed by atoms with Crippen LogP contribution in [-0.2, 0) is 23.1 Å². The number of ether oxygens (including phenoxy) is 1. The summed E-state index contributed by atoms with van der Waals surface area (Å²) >= 11 is 0. The Morgan fingerprint density at radius 3 is 2.75 bits per heavy atom. The van der Waals surface area contributed by atoms with Crippen molar-refractivity contribution in [1.29, 1.82) is 0 Å². The molecule has 90 valence electrons. The molecule has 1 N–H and O–H groups in total. The number of aryl methyl sites for hydroxylation is 1. The van der Waals surface area contributed by atoms with Crippen LogP contribution >= 0.6 is 0 Å². The second-order valence-electron chi connectivity index (χ2n) is 4.01. The van der Waals surface area contributed by atoms with Crippen molar-refractivity contribution in [1.82, 2.24) is 20.3 Å². The van der Waals surface area contributed by atoms with Crippen molar-refractivity contribution in [3.8, 4) is 0 Å². The van der Waals surface area contributed by atoms with Gasteiger partial charge in [0.25, 0.3) is 0 Å². The van der Waals surface area contributed by atoms with Crippen molar-refractivity contribution < 1.29 is 9.53 Å². The molecule has 0 radical (unpaired) electrons. The van der Waals surface area contributed by atoms with E-state index in [4.69, 9.17) is 4.74 Å². The van der Waals surface area contributed by atoms with E-state index in [1.807, 2.05) is 20.0 Å². The molecule has 1 aromatic rings. The fourth-order valence-corrected chi connectivity index (χ4v) is 1.41. The minimum Gasteiger partial charge on any atom is -0.468 e. The van der Waals surface area contributed by atoms with Gasteiger partial charge in [0.1, 0.15) is 6.04 Å². The molecule has 0 amide bonds. The molecule has 0 saturated heterocycles. The summed E-state index contributed by atoms with van der Waals surface area (Å²) in [4.78, 5) is 11.5. The van der Waals surface area contributed by atoms with Crippen LogP contribution < -0.4 is 5.32 Å². The molecule has 0 bridgehead atoms. The number of rotatable bonds is 5. The molecule has 0 aliphatic carbocycles. The quantitative estimate of drug-likeness (QED) is 0.721. The van der Waals surface area contributed by atoms with Gasteiger partial charge in [-0.1, -0.05) is 19.1 Å². The SMILES string of the molecule is COC(=O)[C@@H](NCc1cn(C)nn1)C(C)C. The van der Waals surface area contributed by atoms with Crippen molar-refractivity contribution in [2.75, 3.05) is 7.11 Å². The lowest BCUT2D eigenvalue weighted by Crippen LogP contribution is -2.41. The summed E-state index contributed by atoms with van der Waals surface area (Å²) in [6.07, 6.45) is 1.81. The maximum atomic E-state index is 11.5. The molecule has 0 aliphatic rings. The second-order valence-corrected chi connectivity index (χ2v) is 4.01. The van der Waals surface area contributed by atoms with Crippen LogP contribution in [0.15, 0.2) is 6.20 Å². The van der Waals surface area contributed by atoms with Gasteiger partial charge in [-0.2, -0.15) is 0 Å². The van der Waals surface area contributed by atoms with Crippen LogP contribution in [0.25, 0.3) is 0 Å². The first-order chi connectivity index (χ1) is 7.54. The summed E-state index contributed by atoms with van der Waals surface area (Å²) < 4.78 is 6.35. The summed E-state index contributed by atoms with van der Waals surface area (Å²) in [6.45, 7) is 4.43. The van der Waals surface area contributed by atoms with Gasteiger partial charge in [0.15, 0.2) is 0 Å². The summed E-state index contributed by atoms with van der Waals surface area (Å²) in [5.41, 5.74) is 0.803. The fraction of sp³-hybridized carbons (Fsp3) is 0.700. The molecule has 0 aliphatic heterocycles. The average molecular weight is 226 g/mol. The number of aromatic nitrogens is 3. The molecule has 0 aromatic carbocycles. The Morgan fingerprint density at radius 2 is 2.31 bits per heavy atom. The van der Waals surface area contributed by atoms with Crippen molar-refractivity contribution in [3.63, 3.8) is 0 Å². The standard InChI is InChI=1S/C10H18N4O2/c1-7(2)9(10(15)16-4)11-5-8-6-14(3)13-12-8/h6-7,9,11H,5H2,1-4H3/t9-/m0/s1. The van der Waals surface area contributed by atoms with E-state index in [2.05, 4.69) is 15.6 Å². The minimum atomic E-state index is -0.313. The second kappa shape index (κ2) is 5.60. The maximum Gasteiger partial charge on any atom is 0.323 e. The van der Waals surface area contributed by atoms with Gasteiger partial charge in [-0.15, -0.1) is 5.10 Å². The highest BCUT2D eigenvalue weighted by Gasteiger charge is 2.22. The molecule has 1 rings (SSSR count). The van der Waals surface area contributed by atoms with Crippen molar-refractivity contribution in [2.45, 2.75) is 26.4 Å². The largest absolute Gasteiger partial charge is 0.468 e. The van der Waals surface area contributed by atoms with Crippen molar-refractivity contribution in [3.05, 3.63) is 11.9 Å². The highest BCUT2D eigenvalue weighted by Crippen LogP contribution is 2.04. The normalized spacial score (nSPS) is 12.8. The number of hydrogen-bond donors (Lipinski definition) is 1. The molecule has 1 heterocycles. The number of carbonyl (C=O) groups excluding carboxylic acids is 1. The summed E-state index contributed by atoms with van der Waals surface area (Å²) in [5, 5.41) is 10.9. The third-order valence-corrected chi connectivity index (χ3v) is 2.27. The first-order valence-corrected chi connectivity index (χ1v) is 5.21. The number of nitrogens with one attached hydrogen (secondary N) is 1. The van der Waals surface area contributed by atoms with Gasteiger partial charge in [0.2, 0.25) is 0 Å². The van der Waals surface area contributed by atoms with Crippen LogP contribution in [0.2, 0.25) is 0 Å². The fourth-order valence-electron chi connectivity index (χ4n) is 1.41. The molecule has 0 unspecified atom stereocenters. The van der Waals surface area contributed by atoms with E-state index in [1.54, 1.807) is 11.7 Å². The van der Waals surface area contributed by atoms with Crippen LogP contribution in [0.3, 0.4) is 0 Å². The molecule has 0 spiro atoms. The van der Waals surface area contributed by atoms with E-state index >= 15 is 0 Å². The predicted molar refractivity (Wildman–Crippen MR) is 58.5 cm³/mol. The molecule has 1 aromatic heterocycles. The van der Waals surface area contributed by atoms with Gasteiger partial charge in [0.05, 0.1) is 12.8 Å². The van der Waals surface area contributed by atoms with E-state index in [0.717, 1.165) is 5.69 Å². The number of hydrogen-bond acceptors (Lipinski definition) is 5. The molecule has 16 heavy (non-hydrogen) atoms.